The summed E-state index contributed by atoms with van der Waals surface area (Å²) in [7, 11) is 1.62. The van der Waals surface area contributed by atoms with Crippen LogP contribution in [0.15, 0.2) is 35.1 Å². The lowest BCUT2D eigenvalue weighted by atomic mass is 10.1. The fourth-order valence-electron chi connectivity index (χ4n) is 1.46. The number of methoxy groups -OCH3 is 1. The predicted molar refractivity (Wildman–Crippen MR) is 65.7 cm³/mol. The second kappa shape index (κ2) is 5.01. The van der Waals surface area contributed by atoms with Crippen LogP contribution in [-0.4, -0.2) is 17.3 Å². The molecule has 0 saturated carbocycles. The van der Waals surface area contributed by atoms with Crippen molar-refractivity contribution in [3.8, 4) is 5.75 Å². The summed E-state index contributed by atoms with van der Waals surface area (Å²) in [6, 6.07) is 9.22. The molecule has 0 unspecified atom stereocenters. The fourth-order valence-corrected chi connectivity index (χ4v) is 1.63. The highest BCUT2D eigenvalue weighted by Gasteiger charge is 2.02. The Labute approximate surface area is 103 Å². The molecule has 0 amide bonds. The normalized spacial score (nSPS) is 10.2. The minimum absolute atomic E-state index is 0.156. The summed E-state index contributed by atoms with van der Waals surface area (Å²) in [6.07, 6.45) is 0.612. The molecular weight excluding hydrogens is 240 g/mol. The van der Waals surface area contributed by atoms with Gasteiger partial charge in [0.05, 0.1) is 12.8 Å². The monoisotopic (exact) mass is 250 g/mol. The van der Waals surface area contributed by atoms with E-state index in [1.165, 1.54) is 0 Å². The van der Waals surface area contributed by atoms with Gasteiger partial charge in [0.2, 0.25) is 0 Å². The summed E-state index contributed by atoms with van der Waals surface area (Å²) < 4.78 is 5.07. The van der Waals surface area contributed by atoms with Crippen LogP contribution in [0.4, 0.5) is 0 Å². The second-order valence-corrected chi connectivity index (χ2v) is 3.97. The Morgan fingerprint density at radius 3 is 2.65 bits per heavy atom. The third kappa shape index (κ3) is 2.85. The number of benzene rings is 1. The van der Waals surface area contributed by atoms with Gasteiger partial charge >= 0.3 is 0 Å². The van der Waals surface area contributed by atoms with Crippen LogP contribution >= 0.6 is 11.6 Å². The van der Waals surface area contributed by atoms with Gasteiger partial charge < -0.3 is 4.74 Å². The number of H-pyrrole nitrogens is 1. The molecule has 0 atom stereocenters. The maximum absolute atomic E-state index is 11.0. The highest BCUT2D eigenvalue weighted by Crippen LogP contribution is 2.14. The highest BCUT2D eigenvalue weighted by molar-refractivity contribution is 6.30. The maximum atomic E-state index is 11.0. The van der Waals surface area contributed by atoms with Crippen LogP contribution in [0.2, 0.25) is 5.02 Å². The van der Waals surface area contributed by atoms with Crippen molar-refractivity contribution in [3.05, 3.63) is 57.0 Å². The molecule has 0 saturated heterocycles. The van der Waals surface area contributed by atoms with Gasteiger partial charge in [-0.25, -0.2) is 5.10 Å². The molecule has 0 aliphatic heterocycles. The molecule has 0 aliphatic carbocycles. The Bertz CT molecular complexity index is 563. The van der Waals surface area contributed by atoms with Gasteiger partial charge in [-0.05, 0) is 23.8 Å². The Balaban J connectivity index is 2.19. The van der Waals surface area contributed by atoms with Crippen LogP contribution in [0.25, 0.3) is 0 Å². The van der Waals surface area contributed by atoms with Crippen molar-refractivity contribution >= 4 is 11.6 Å². The topological polar surface area (TPSA) is 55.0 Å². The molecule has 0 bridgehead atoms. The smallest absolute Gasteiger partial charge is 0.282 e. The van der Waals surface area contributed by atoms with E-state index in [0.717, 1.165) is 17.0 Å². The molecule has 17 heavy (non-hydrogen) atoms. The number of aromatic amines is 1. The summed E-state index contributed by atoms with van der Waals surface area (Å²) in [5.41, 5.74) is 1.42. The zero-order valence-corrected chi connectivity index (χ0v) is 9.99. The molecule has 1 heterocycles. The van der Waals surface area contributed by atoms with E-state index in [1.807, 2.05) is 24.3 Å². The van der Waals surface area contributed by atoms with Crippen molar-refractivity contribution in [1.82, 2.24) is 10.2 Å². The quantitative estimate of drug-likeness (QED) is 0.907. The lowest BCUT2D eigenvalue weighted by Gasteiger charge is -2.03. The summed E-state index contributed by atoms with van der Waals surface area (Å²) >= 11 is 5.72. The van der Waals surface area contributed by atoms with E-state index >= 15 is 0 Å². The first kappa shape index (κ1) is 11.7. The Morgan fingerprint density at radius 2 is 2.06 bits per heavy atom. The maximum Gasteiger partial charge on any atom is 0.282 e. The van der Waals surface area contributed by atoms with Gasteiger partial charge in [0, 0.05) is 6.42 Å². The van der Waals surface area contributed by atoms with Crippen molar-refractivity contribution in [1.29, 1.82) is 0 Å². The van der Waals surface area contributed by atoms with Crippen molar-refractivity contribution < 1.29 is 4.74 Å². The fraction of sp³-hybridized carbons (Fsp3) is 0.167. The Kier molecular flexibility index (Phi) is 3.44. The van der Waals surface area contributed by atoms with E-state index in [1.54, 1.807) is 13.2 Å². The predicted octanol–water partition coefficient (Wildman–Crippen LogP) is 2.02. The average Bonchev–Trinajstić information content (AvgIpc) is 2.35. The number of rotatable bonds is 3. The number of hydrogen-bond donors (Lipinski definition) is 1. The third-order valence-corrected chi connectivity index (χ3v) is 2.64. The molecule has 1 aromatic heterocycles. The zero-order chi connectivity index (χ0) is 12.3. The summed E-state index contributed by atoms with van der Waals surface area (Å²) in [5.74, 6) is 0.807. The molecule has 0 spiro atoms. The molecule has 1 aromatic carbocycles. The minimum atomic E-state index is -0.370. The van der Waals surface area contributed by atoms with E-state index in [2.05, 4.69) is 10.2 Å². The number of nitrogens with one attached hydrogen (secondary N) is 1. The third-order valence-electron chi connectivity index (χ3n) is 2.36. The largest absolute Gasteiger partial charge is 0.497 e. The van der Waals surface area contributed by atoms with E-state index in [4.69, 9.17) is 16.3 Å². The molecule has 2 rings (SSSR count). The van der Waals surface area contributed by atoms with Crippen LogP contribution < -0.4 is 10.3 Å². The molecular formula is C12H11ClN2O2. The molecule has 5 heteroatoms. The lowest BCUT2D eigenvalue weighted by molar-refractivity contribution is 0.414. The van der Waals surface area contributed by atoms with E-state index in [9.17, 15) is 4.79 Å². The number of nitrogens with zero attached hydrogens (tertiary/aromatic N) is 1. The summed E-state index contributed by atoms with van der Waals surface area (Å²) in [5, 5.41) is 6.43. The molecule has 0 fully saturated rings. The van der Waals surface area contributed by atoms with Crippen LogP contribution in [0.3, 0.4) is 0 Å². The Morgan fingerprint density at radius 1 is 1.35 bits per heavy atom. The molecule has 0 aliphatic rings. The van der Waals surface area contributed by atoms with E-state index in [0.29, 0.717) is 6.42 Å². The van der Waals surface area contributed by atoms with E-state index < -0.39 is 0 Å². The SMILES string of the molecule is COc1ccc(Cc2cc(Cl)c(=O)[nH]n2)cc1. The first-order valence-electron chi connectivity index (χ1n) is 5.06. The van der Waals surface area contributed by atoms with Gasteiger partial charge in [0.15, 0.2) is 0 Å². The standard InChI is InChI=1S/C12H11ClN2O2/c1-17-10-4-2-8(3-5-10)6-9-7-11(13)12(16)15-14-9/h2-5,7H,6H2,1H3,(H,15,16). The first-order valence-corrected chi connectivity index (χ1v) is 5.44. The Hall–Kier alpha value is -1.81. The lowest BCUT2D eigenvalue weighted by Crippen LogP contribution is -2.10. The molecule has 2 aromatic rings. The summed E-state index contributed by atoms with van der Waals surface area (Å²) in [6.45, 7) is 0. The first-order chi connectivity index (χ1) is 8.19. The van der Waals surface area contributed by atoms with Gasteiger partial charge in [-0.1, -0.05) is 23.7 Å². The van der Waals surface area contributed by atoms with Gasteiger partial charge in [-0.3, -0.25) is 4.79 Å². The molecule has 0 radical (unpaired) electrons. The van der Waals surface area contributed by atoms with Crippen molar-refractivity contribution in [2.45, 2.75) is 6.42 Å². The van der Waals surface area contributed by atoms with Crippen LogP contribution in [-0.2, 0) is 6.42 Å². The van der Waals surface area contributed by atoms with Gasteiger partial charge in [0.1, 0.15) is 10.8 Å². The number of aromatic nitrogens is 2. The van der Waals surface area contributed by atoms with Crippen LogP contribution in [0.5, 0.6) is 5.75 Å². The second-order valence-electron chi connectivity index (χ2n) is 3.56. The zero-order valence-electron chi connectivity index (χ0n) is 9.24. The number of ether oxygens (including phenoxy) is 1. The van der Waals surface area contributed by atoms with Gasteiger partial charge in [-0.2, -0.15) is 5.10 Å². The molecule has 1 N–H and O–H groups in total. The van der Waals surface area contributed by atoms with Crippen molar-refractivity contribution in [2.24, 2.45) is 0 Å². The average molecular weight is 251 g/mol. The van der Waals surface area contributed by atoms with Crippen LogP contribution in [0.1, 0.15) is 11.3 Å². The number of hydrogen-bond acceptors (Lipinski definition) is 3. The van der Waals surface area contributed by atoms with Crippen molar-refractivity contribution in [3.63, 3.8) is 0 Å². The molecule has 88 valence electrons. The highest BCUT2D eigenvalue weighted by atomic mass is 35.5. The minimum Gasteiger partial charge on any atom is -0.497 e. The van der Waals surface area contributed by atoms with Crippen molar-refractivity contribution in [2.75, 3.05) is 7.11 Å². The van der Waals surface area contributed by atoms with E-state index in [-0.39, 0.29) is 10.6 Å². The summed E-state index contributed by atoms with van der Waals surface area (Å²) in [4.78, 5) is 11.0. The van der Waals surface area contributed by atoms with Gasteiger partial charge in [0.25, 0.3) is 5.56 Å². The van der Waals surface area contributed by atoms with Gasteiger partial charge in [-0.15, -0.1) is 0 Å². The van der Waals surface area contributed by atoms with Crippen LogP contribution in [0, 0.1) is 0 Å². The molecule has 4 nitrogen and oxygen atoms in total. The number of halogens is 1.